The average Bonchev–Trinajstić information content (AvgIpc) is 3.40. The summed E-state index contributed by atoms with van der Waals surface area (Å²) in [7, 11) is -3.50. The van der Waals surface area contributed by atoms with Crippen molar-refractivity contribution < 1.29 is 22.7 Å². The average molecular weight is 394 g/mol. The molecule has 2 aromatic rings. The molecule has 0 saturated carbocycles. The van der Waals surface area contributed by atoms with Crippen LogP contribution in [0.3, 0.4) is 0 Å². The topological polar surface area (TPSA) is 84.9 Å². The Morgan fingerprint density at radius 1 is 1.27 bits per heavy atom. The van der Waals surface area contributed by atoms with Gasteiger partial charge < -0.3 is 14.8 Å². The van der Waals surface area contributed by atoms with E-state index in [-0.39, 0.29) is 25.3 Å². The summed E-state index contributed by atoms with van der Waals surface area (Å²) in [4.78, 5) is 12.4. The molecule has 0 radical (unpaired) electrons. The molecule has 2 aliphatic rings. The van der Waals surface area contributed by atoms with Crippen molar-refractivity contribution in [2.45, 2.75) is 23.1 Å². The Morgan fingerprint density at radius 2 is 2.12 bits per heavy atom. The van der Waals surface area contributed by atoms with Gasteiger partial charge in [0.25, 0.3) is 15.9 Å². The summed E-state index contributed by atoms with van der Waals surface area (Å²) in [6.45, 7) is 0.903. The van der Waals surface area contributed by atoms with Crippen LogP contribution in [0.15, 0.2) is 39.9 Å². The van der Waals surface area contributed by atoms with E-state index in [1.54, 1.807) is 35.7 Å². The van der Waals surface area contributed by atoms with Crippen molar-refractivity contribution in [2.75, 3.05) is 19.9 Å². The van der Waals surface area contributed by atoms with Gasteiger partial charge in [-0.05, 0) is 42.5 Å². The van der Waals surface area contributed by atoms with Crippen LogP contribution in [0.4, 0.5) is 0 Å². The number of benzene rings is 1. The first-order chi connectivity index (χ1) is 12.6. The molecule has 1 amide bonds. The van der Waals surface area contributed by atoms with Crippen molar-refractivity contribution in [3.8, 4) is 11.5 Å². The molecule has 3 heterocycles. The molecule has 0 bridgehead atoms. The third kappa shape index (κ3) is 3.17. The number of carbonyl (C=O) groups excluding carboxylic acids is 1. The summed E-state index contributed by atoms with van der Waals surface area (Å²) in [5, 5.41) is 4.59. The molecule has 7 nitrogen and oxygen atoms in total. The smallest absolute Gasteiger partial charge is 0.252 e. The third-order valence-corrected chi connectivity index (χ3v) is 7.84. The van der Waals surface area contributed by atoms with Crippen molar-refractivity contribution in [1.82, 2.24) is 9.62 Å². The zero-order valence-corrected chi connectivity index (χ0v) is 15.5. The maximum Gasteiger partial charge on any atom is 0.252 e. The lowest BCUT2D eigenvalue weighted by atomic mass is 10.1. The molecular formula is C17H18N2O5S2. The van der Waals surface area contributed by atoms with Gasteiger partial charge >= 0.3 is 0 Å². The molecule has 1 fully saturated rings. The summed E-state index contributed by atoms with van der Waals surface area (Å²) in [5.41, 5.74) is 0.458. The van der Waals surface area contributed by atoms with Crippen LogP contribution < -0.4 is 14.8 Å². The molecule has 1 atom stereocenters. The molecule has 2 aliphatic heterocycles. The van der Waals surface area contributed by atoms with Crippen LogP contribution in [0.25, 0.3) is 0 Å². The van der Waals surface area contributed by atoms with Gasteiger partial charge in [-0.25, -0.2) is 8.42 Å². The predicted molar refractivity (Wildman–Crippen MR) is 96.1 cm³/mol. The molecule has 1 aromatic carbocycles. The maximum absolute atomic E-state index is 12.7. The Bertz CT molecular complexity index is 911. The maximum atomic E-state index is 12.7. The van der Waals surface area contributed by atoms with Crippen molar-refractivity contribution in [1.29, 1.82) is 0 Å². The largest absolute Gasteiger partial charge is 0.454 e. The van der Waals surface area contributed by atoms with Gasteiger partial charge in [0.1, 0.15) is 4.21 Å². The fraction of sp³-hybridized carbons (Fsp3) is 0.353. The van der Waals surface area contributed by atoms with E-state index in [4.69, 9.17) is 9.47 Å². The van der Waals surface area contributed by atoms with Crippen LogP contribution in [0, 0.1) is 0 Å². The van der Waals surface area contributed by atoms with Gasteiger partial charge in [-0.2, -0.15) is 4.31 Å². The van der Waals surface area contributed by atoms with E-state index in [1.165, 1.54) is 15.6 Å². The van der Waals surface area contributed by atoms with Crippen LogP contribution >= 0.6 is 11.3 Å². The van der Waals surface area contributed by atoms with Crippen LogP contribution in [0.5, 0.6) is 11.5 Å². The molecule has 1 N–H and O–H groups in total. The van der Waals surface area contributed by atoms with Crippen LogP contribution in [-0.4, -0.2) is 44.6 Å². The van der Waals surface area contributed by atoms with Crippen LogP contribution in [0.2, 0.25) is 0 Å². The number of nitrogens with zero attached hydrogens (tertiary/aromatic N) is 1. The van der Waals surface area contributed by atoms with E-state index in [0.29, 0.717) is 27.8 Å². The first-order valence-corrected chi connectivity index (χ1v) is 10.6. The second-order valence-corrected chi connectivity index (χ2v) is 9.19. The number of fused-ring (bicyclic) bond motifs is 1. The highest BCUT2D eigenvalue weighted by molar-refractivity contribution is 7.91. The van der Waals surface area contributed by atoms with Gasteiger partial charge in [-0.3, -0.25) is 4.79 Å². The number of nitrogens with one attached hydrogen (secondary N) is 1. The van der Waals surface area contributed by atoms with E-state index < -0.39 is 10.0 Å². The van der Waals surface area contributed by atoms with Crippen molar-refractivity contribution in [3.05, 3.63) is 41.3 Å². The Kier molecular flexibility index (Phi) is 4.60. The second-order valence-electron chi connectivity index (χ2n) is 6.12. The van der Waals surface area contributed by atoms with Crippen molar-refractivity contribution in [2.24, 2.45) is 0 Å². The van der Waals surface area contributed by atoms with Gasteiger partial charge in [0.05, 0.1) is 0 Å². The highest BCUT2D eigenvalue weighted by Gasteiger charge is 2.36. The Morgan fingerprint density at radius 3 is 2.92 bits per heavy atom. The number of hydrogen-bond acceptors (Lipinski definition) is 6. The SMILES string of the molecule is O=C(NCC1CCCN1S(=O)(=O)c1cccs1)c1ccc2c(c1)OCO2. The minimum Gasteiger partial charge on any atom is -0.454 e. The van der Waals surface area contributed by atoms with Crippen molar-refractivity contribution in [3.63, 3.8) is 0 Å². The molecule has 138 valence electrons. The van der Waals surface area contributed by atoms with Gasteiger partial charge in [-0.1, -0.05) is 6.07 Å². The molecule has 1 aromatic heterocycles. The number of rotatable bonds is 5. The number of thiophene rings is 1. The number of ether oxygens (including phenoxy) is 2. The van der Waals surface area contributed by atoms with Gasteiger partial charge in [0.15, 0.2) is 11.5 Å². The van der Waals surface area contributed by atoms with E-state index >= 15 is 0 Å². The van der Waals surface area contributed by atoms with E-state index in [0.717, 1.165) is 12.8 Å². The summed E-state index contributed by atoms with van der Waals surface area (Å²) in [5.74, 6) is 0.898. The highest BCUT2D eigenvalue weighted by atomic mass is 32.2. The lowest BCUT2D eigenvalue weighted by molar-refractivity contribution is 0.0946. The van der Waals surface area contributed by atoms with Gasteiger partial charge in [-0.15, -0.1) is 11.3 Å². The van der Waals surface area contributed by atoms with Gasteiger partial charge in [0.2, 0.25) is 6.79 Å². The van der Waals surface area contributed by atoms with Crippen LogP contribution in [-0.2, 0) is 10.0 Å². The number of hydrogen-bond donors (Lipinski definition) is 1. The minimum atomic E-state index is -3.50. The zero-order chi connectivity index (χ0) is 18.1. The molecule has 1 unspecified atom stereocenters. The quantitative estimate of drug-likeness (QED) is 0.839. The molecule has 9 heteroatoms. The summed E-state index contributed by atoms with van der Waals surface area (Å²) >= 11 is 1.21. The number of sulfonamides is 1. The standard InChI is InChI=1S/C17H18N2O5S2/c20-17(12-5-6-14-15(9-12)24-11-23-14)18-10-13-3-1-7-19(13)26(21,22)16-4-2-8-25-16/h2,4-6,8-9,13H,1,3,7,10-11H2,(H,18,20). The normalized spacial score (nSPS) is 19.6. The van der Waals surface area contributed by atoms with E-state index in [9.17, 15) is 13.2 Å². The van der Waals surface area contributed by atoms with E-state index in [2.05, 4.69) is 5.32 Å². The van der Waals surface area contributed by atoms with Crippen LogP contribution in [0.1, 0.15) is 23.2 Å². The zero-order valence-electron chi connectivity index (χ0n) is 13.9. The monoisotopic (exact) mass is 394 g/mol. The summed E-state index contributed by atoms with van der Waals surface area (Å²) in [6, 6.07) is 8.09. The highest BCUT2D eigenvalue weighted by Crippen LogP contribution is 2.32. The minimum absolute atomic E-state index is 0.151. The molecule has 4 rings (SSSR count). The Balaban J connectivity index is 1.43. The molecular weight excluding hydrogens is 376 g/mol. The molecule has 26 heavy (non-hydrogen) atoms. The fourth-order valence-electron chi connectivity index (χ4n) is 3.21. The first kappa shape index (κ1) is 17.3. The third-order valence-electron chi connectivity index (χ3n) is 4.51. The fourth-order valence-corrected chi connectivity index (χ4v) is 6.02. The number of amides is 1. The molecule has 1 saturated heterocycles. The summed E-state index contributed by atoms with van der Waals surface area (Å²) < 4.78 is 37.8. The predicted octanol–water partition coefficient (Wildman–Crippen LogP) is 2.06. The lowest BCUT2D eigenvalue weighted by Crippen LogP contribution is -2.42. The molecule has 0 spiro atoms. The first-order valence-electron chi connectivity index (χ1n) is 8.29. The lowest BCUT2D eigenvalue weighted by Gasteiger charge is -2.23. The Labute approximate surface area is 155 Å². The molecule has 0 aliphatic carbocycles. The number of carbonyl (C=O) groups is 1. The second kappa shape index (κ2) is 6.90. The van der Waals surface area contributed by atoms with E-state index in [1.807, 2.05) is 0 Å². The summed E-state index contributed by atoms with van der Waals surface area (Å²) in [6.07, 6.45) is 1.52. The Hall–Kier alpha value is -2.10. The van der Waals surface area contributed by atoms with Crippen molar-refractivity contribution >= 4 is 27.3 Å². The van der Waals surface area contributed by atoms with Gasteiger partial charge in [0, 0.05) is 24.7 Å².